The number of nitrogens with one attached hydrogen (secondary N) is 1. The van der Waals surface area contributed by atoms with E-state index < -0.39 is 5.91 Å². The van der Waals surface area contributed by atoms with E-state index in [0.717, 1.165) is 0 Å². The van der Waals surface area contributed by atoms with Crippen LogP contribution in [0.1, 0.15) is 13.8 Å². The second-order valence-corrected chi connectivity index (χ2v) is 2.06. The van der Waals surface area contributed by atoms with Crippen LogP contribution in [-0.4, -0.2) is 11.9 Å². The van der Waals surface area contributed by atoms with Crippen molar-refractivity contribution >= 4 is 5.91 Å². The topological polar surface area (TPSA) is 55.1 Å². The van der Waals surface area contributed by atoms with Crippen LogP contribution in [0, 0.1) is 0 Å². The summed E-state index contributed by atoms with van der Waals surface area (Å²) in [5.41, 5.74) is 4.81. The third-order valence-electron chi connectivity index (χ3n) is 0.677. The maximum absolute atomic E-state index is 10.1. The van der Waals surface area contributed by atoms with Crippen LogP contribution in [0.5, 0.6) is 0 Å². The first-order valence-electron chi connectivity index (χ1n) is 2.85. The Morgan fingerprint density at radius 3 is 2.56 bits per heavy atom. The van der Waals surface area contributed by atoms with Gasteiger partial charge in [-0.15, -0.1) is 0 Å². The van der Waals surface area contributed by atoms with Gasteiger partial charge in [0.25, 0.3) is 0 Å². The summed E-state index contributed by atoms with van der Waals surface area (Å²) in [5, 5.41) is 2.90. The summed E-state index contributed by atoms with van der Waals surface area (Å²) < 4.78 is 0. The van der Waals surface area contributed by atoms with Gasteiger partial charge >= 0.3 is 0 Å². The summed E-state index contributed by atoms with van der Waals surface area (Å²) in [6.45, 7) is 3.96. The molecule has 0 aliphatic heterocycles. The number of primary amides is 1. The van der Waals surface area contributed by atoms with E-state index >= 15 is 0 Å². The van der Waals surface area contributed by atoms with E-state index in [9.17, 15) is 4.79 Å². The maximum Gasteiger partial charge on any atom is 0.242 e. The molecule has 0 aliphatic rings. The van der Waals surface area contributed by atoms with Gasteiger partial charge < -0.3 is 11.1 Å². The maximum atomic E-state index is 10.1. The Morgan fingerprint density at radius 1 is 1.67 bits per heavy atom. The molecule has 0 aromatic rings. The Balaban J connectivity index is 3.36. The third kappa shape index (κ3) is 7.01. The van der Waals surface area contributed by atoms with Crippen molar-refractivity contribution < 1.29 is 4.79 Å². The zero-order valence-corrected chi connectivity index (χ0v) is 5.72. The molecule has 3 N–H and O–H groups in total. The van der Waals surface area contributed by atoms with Crippen molar-refractivity contribution in [3.63, 3.8) is 0 Å². The predicted octanol–water partition coefficient (Wildman–Crippen LogP) is -0.0166. The second-order valence-electron chi connectivity index (χ2n) is 2.06. The van der Waals surface area contributed by atoms with Crippen LogP contribution in [0.25, 0.3) is 0 Å². The monoisotopic (exact) mass is 128 g/mol. The van der Waals surface area contributed by atoms with E-state index in [4.69, 9.17) is 5.73 Å². The van der Waals surface area contributed by atoms with Crippen LogP contribution in [0.4, 0.5) is 0 Å². The molecule has 0 unspecified atom stereocenters. The van der Waals surface area contributed by atoms with Gasteiger partial charge in [0.05, 0.1) is 0 Å². The highest BCUT2D eigenvalue weighted by atomic mass is 16.1. The lowest BCUT2D eigenvalue weighted by atomic mass is 10.4. The van der Waals surface area contributed by atoms with Crippen molar-refractivity contribution in [2.75, 3.05) is 0 Å². The van der Waals surface area contributed by atoms with E-state index in [1.54, 1.807) is 6.20 Å². The molecule has 3 nitrogen and oxygen atoms in total. The third-order valence-corrected chi connectivity index (χ3v) is 0.677. The molecule has 0 saturated heterocycles. The molecule has 3 heteroatoms. The average molecular weight is 128 g/mol. The molecule has 0 aromatic heterocycles. The Morgan fingerprint density at radius 2 is 2.22 bits per heavy atom. The standard InChI is InChI=1S/C6H12N2O/c1-5(2)8-4-3-6(7)9/h3-5,8H,1-2H3,(H2,7,9)/b4-3+. The van der Waals surface area contributed by atoms with Crippen molar-refractivity contribution in [3.8, 4) is 0 Å². The summed E-state index contributed by atoms with van der Waals surface area (Å²) in [7, 11) is 0. The highest BCUT2D eigenvalue weighted by Crippen LogP contribution is 1.74. The first-order chi connectivity index (χ1) is 4.13. The highest BCUT2D eigenvalue weighted by Gasteiger charge is 1.84. The zero-order valence-electron chi connectivity index (χ0n) is 5.72. The fourth-order valence-corrected chi connectivity index (χ4v) is 0.323. The Hall–Kier alpha value is -0.990. The molecule has 1 amide bonds. The molecule has 0 saturated carbocycles. The van der Waals surface area contributed by atoms with Gasteiger partial charge in [0, 0.05) is 18.3 Å². The van der Waals surface area contributed by atoms with Crippen molar-refractivity contribution in [2.45, 2.75) is 19.9 Å². The van der Waals surface area contributed by atoms with E-state index in [1.807, 2.05) is 13.8 Å². The minimum atomic E-state index is -0.428. The number of hydrogen-bond acceptors (Lipinski definition) is 2. The first-order valence-corrected chi connectivity index (χ1v) is 2.85. The van der Waals surface area contributed by atoms with Crippen LogP contribution in [0.3, 0.4) is 0 Å². The summed E-state index contributed by atoms with van der Waals surface area (Å²) in [6, 6.07) is 0.348. The van der Waals surface area contributed by atoms with Gasteiger partial charge in [-0.25, -0.2) is 0 Å². The SMILES string of the molecule is CC(C)N/C=C/C(N)=O. The number of nitrogens with two attached hydrogens (primary N) is 1. The van der Waals surface area contributed by atoms with Gasteiger partial charge in [-0.3, -0.25) is 4.79 Å². The molecule has 0 fully saturated rings. The fraction of sp³-hybridized carbons (Fsp3) is 0.500. The van der Waals surface area contributed by atoms with Crippen LogP contribution >= 0.6 is 0 Å². The number of hydrogen-bond donors (Lipinski definition) is 2. The molecule has 52 valence electrons. The summed E-state index contributed by atoms with van der Waals surface area (Å²) in [4.78, 5) is 10.1. The molecule has 9 heavy (non-hydrogen) atoms. The van der Waals surface area contributed by atoms with E-state index in [2.05, 4.69) is 5.32 Å². The van der Waals surface area contributed by atoms with Crippen molar-refractivity contribution in [3.05, 3.63) is 12.3 Å². The largest absolute Gasteiger partial charge is 0.389 e. The quantitative estimate of drug-likeness (QED) is 0.525. The smallest absolute Gasteiger partial charge is 0.242 e. The van der Waals surface area contributed by atoms with Crippen LogP contribution in [-0.2, 0) is 4.79 Å². The molecule has 0 aliphatic carbocycles. The number of amides is 1. The number of rotatable bonds is 3. The normalized spacial score (nSPS) is 10.6. The van der Waals surface area contributed by atoms with E-state index in [1.165, 1.54) is 6.08 Å². The minimum Gasteiger partial charge on any atom is -0.389 e. The number of carbonyl (C=O) groups is 1. The second kappa shape index (κ2) is 3.95. The molecule has 0 heterocycles. The van der Waals surface area contributed by atoms with E-state index in [0.29, 0.717) is 6.04 Å². The van der Waals surface area contributed by atoms with Gasteiger partial charge in [0.15, 0.2) is 0 Å². The molecular weight excluding hydrogens is 116 g/mol. The molecule has 0 radical (unpaired) electrons. The summed E-state index contributed by atoms with van der Waals surface area (Å²) in [5.74, 6) is -0.428. The summed E-state index contributed by atoms with van der Waals surface area (Å²) >= 11 is 0. The molecule has 0 atom stereocenters. The lowest BCUT2D eigenvalue weighted by Crippen LogP contribution is -2.17. The van der Waals surface area contributed by atoms with Gasteiger partial charge in [0.2, 0.25) is 5.91 Å². The lowest BCUT2D eigenvalue weighted by molar-refractivity contribution is -0.113. The van der Waals surface area contributed by atoms with Crippen molar-refractivity contribution in [1.82, 2.24) is 5.32 Å². The fourth-order valence-electron chi connectivity index (χ4n) is 0.323. The Labute approximate surface area is 54.9 Å². The van der Waals surface area contributed by atoms with Crippen LogP contribution in [0.15, 0.2) is 12.3 Å². The number of carbonyl (C=O) groups excluding carboxylic acids is 1. The van der Waals surface area contributed by atoms with Gasteiger partial charge in [0.1, 0.15) is 0 Å². The minimum absolute atomic E-state index is 0.348. The lowest BCUT2D eigenvalue weighted by Gasteiger charge is -2.00. The first kappa shape index (κ1) is 8.01. The van der Waals surface area contributed by atoms with Crippen LogP contribution < -0.4 is 11.1 Å². The van der Waals surface area contributed by atoms with Gasteiger partial charge in [-0.2, -0.15) is 0 Å². The molecule has 0 aromatic carbocycles. The van der Waals surface area contributed by atoms with Gasteiger partial charge in [-0.05, 0) is 13.8 Å². The zero-order chi connectivity index (χ0) is 7.28. The molecule has 0 spiro atoms. The predicted molar refractivity (Wildman–Crippen MR) is 36.6 cm³/mol. The highest BCUT2D eigenvalue weighted by molar-refractivity contribution is 5.85. The Kier molecular flexibility index (Phi) is 3.51. The average Bonchev–Trinajstić information content (AvgIpc) is 1.63. The van der Waals surface area contributed by atoms with Crippen molar-refractivity contribution in [2.24, 2.45) is 5.73 Å². The summed E-state index contributed by atoms with van der Waals surface area (Å²) in [6.07, 6.45) is 2.84. The molecular formula is C6H12N2O. The molecule has 0 rings (SSSR count). The van der Waals surface area contributed by atoms with Gasteiger partial charge in [-0.1, -0.05) is 0 Å². The molecule has 0 bridgehead atoms. The van der Waals surface area contributed by atoms with Crippen molar-refractivity contribution in [1.29, 1.82) is 0 Å². The van der Waals surface area contributed by atoms with Crippen LogP contribution in [0.2, 0.25) is 0 Å². The van der Waals surface area contributed by atoms with E-state index in [-0.39, 0.29) is 0 Å². The Bertz CT molecular complexity index is 118.